The lowest BCUT2D eigenvalue weighted by Crippen LogP contribution is -2.15. The van der Waals surface area contributed by atoms with Crippen LogP contribution in [0, 0.1) is 11.8 Å². The Balaban J connectivity index is 4.08. The molecule has 128 valence electrons. The van der Waals surface area contributed by atoms with Crippen LogP contribution in [0.25, 0.3) is 0 Å². The van der Waals surface area contributed by atoms with E-state index >= 15 is 0 Å². The van der Waals surface area contributed by atoms with Crippen molar-refractivity contribution < 1.29 is 13.6 Å². The molecule has 0 aromatic carbocycles. The molecule has 0 aliphatic heterocycles. The van der Waals surface area contributed by atoms with Crippen LogP contribution in [0.5, 0.6) is 0 Å². The Hall–Kier alpha value is 0.110. The van der Waals surface area contributed by atoms with Crippen molar-refractivity contribution in [2.75, 3.05) is 13.2 Å². The molecule has 4 nitrogen and oxygen atoms in total. The van der Waals surface area contributed by atoms with Gasteiger partial charge in [0.2, 0.25) is 0 Å². The Morgan fingerprint density at radius 2 is 1.24 bits per heavy atom. The van der Waals surface area contributed by atoms with Crippen molar-refractivity contribution in [1.82, 2.24) is 0 Å². The van der Waals surface area contributed by atoms with Crippen molar-refractivity contribution in [2.24, 2.45) is 17.3 Å². The van der Waals surface area contributed by atoms with Crippen molar-refractivity contribution in [3.05, 3.63) is 0 Å². The average molecular weight is 321 g/mol. The third-order valence-corrected chi connectivity index (χ3v) is 5.08. The van der Waals surface area contributed by atoms with Crippen LogP contribution in [-0.4, -0.2) is 13.2 Å². The topological polar surface area (TPSA) is 61.5 Å². The van der Waals surface area contributed by atoms with Crippen LogP contribution in [0.3, 0.4) is 0 Å². The fourth-order valence-electron chi connectivity index (χ4n) is 2.25. The zero-order valence-electron chi connectivity index (χ0n) is 14.5. The first-order valence-electron chi connectivity index (χ1n) is 8.66. The molecule has 0 heterocycles. The molecule has 0 saturated carbocycles. The van der Waals surface area contributed by atoms with Gasteiger partial charge in [-0.25, -0.2) is 10.1 Å². The van der Waals surface area contributed by atoms with E-state index in [-0.39, 0.29) is 0 Å². The third kappa shape index (κ3) is 11.3. The number of rotatable bonds is 14. The fourth-order valence-corrected chi connectivity index (χ4v) is 3.16. The molecular formula is C16H36NO3P. The largest absolute Gasteiger partial charge is 0.402 e. The van der Waals surface area contributed by atoms with Gasteiger partial charge in [0.05, 0.1) is 13.2 Å². The number of hydrogen-bond donors (Lipinski definition) is 1. The number of nitrogens with two attached hydrogens (primary N) is 1. The van der Waals surface area contributed by atoms with E-state index in [4.69, 9.17) is 14.6 Å². The van der Waals surface area contributed by atoms with Crippen molar-refractivity contribution in [1.29, 1.82) is 0 Å². The minimum absolute atomic E-state index is 0.424. The van der Waals surface area contributed by atoms with Crippen LogP contribution >= 0.6 is 7.75 Å². The highest BCUT2D eigenvalue weighted by atomic mass is 31.2. The van der Waals surface area contributed by atoms with Crippen LogP contribution in [0.4, 0.5) is 0 Å². The zero-order chi connectivity index (χ0) is 16.1. The lowest BCUT2D eigenvalue weighted by Gasteiger charge is -2.21. The molecule has 0 rings (SSSR count). The summed E-state index contributed by atoms with van der Waals surface area (Å²) in [5.41, 5.74) is 5.69. The summed E-state index contributed by atoms with van der Waals surface area (Å²) in [7, 11) is -3.39. The van der Waals surface area contributed by atoms with Gasteiger partial charge in [-0.2, -0.15) is 0 Å². The van der Waals surface area contributed by atoms with Gasteiger partial charge in [0.15, 0.2) is 0 Å². The molecule has 2 unspecified atom stereocenters. The predicted molar refractivity (Wildman–Crippen MR) is 90.3 cm³/mol. The van der Waals surface area contributed by atoms with Crippen molar-refractivity contribution in [3.8, 4) is 0 Å². The van der Waals surface area contributed by atoms with Crippen LogP contribution in [-0.2, 0) is 13.6 Å². The number of unbranched alkanes of at least 4 members (excludes halogenated alkanes) is 2. The molecule has 2 N–H and O–H groups in total. The zero-order valence-corrected chi connectivity index (χ0v) is 15.4. The molecule has 0 radical (unpaired) electrons. The summed E-state index contributed by atoms with van der Waals surface area (Å²) in [5, 5.41) is 0. The minimum atomic E-state index is -3.39. The third-order valence-electron chi connectivity index (χ3n) is 4.07. The molecule has 0 fully saturated rings. The molecule has 5 heteroatoms. The molecule has 0 spiro atoms. The smallest absolute Gasteiger partial charge is 0.297 e. The second-order valence-electron chi connectivity index (χ2n) is 5.96. The van der Waals surface area contributed by atoms with Gasteiger partial charge in [0, 0.05) is 0 Å². The molecule has 0 bridgehead atoms. The summed E-state index contributed by atoms with van der Waals surface area (Å²) >= 11 is 0. The van der Waals surface area contributed by atoms with E-state index in [9.17, 15) is 4.57 Å². The quantitative estimate of drug-likeness (QED) is 0.428. The second-order valence-corrected chi connectivity index (χ2v) is 7.56. The van der Waals surface area contributed by atoms with E-state index < -0.39 is 7.75 Å². The summed E-state index contributed by atoms with van der Waals surface area (Å²) in [4.78, 5) is 0. The minimum Gasteiger partial charge on any atom is -0.297 e. The van der Waals surface area contributed by atoms with E-state index in [1.165, 1.54) is 25.7 Å². The Bertz CT molecular complexity index is 263. The lowest BCUT2D eigenvalue weighted by molar-refractivity contribution is 0.151. The summed E-state index contributed by atoms with van der Waals surface area (Å²) in [6, 6.07) is 0. The van der Waals surface area contributed by atoms with Gasteiger partial charge in [-0.1, -0.05) is 66.2 Å². The molecule has 0 aliphatic carbocycles. The highest BCUT2D eigenvalue weighted by molar-refractivity contribution is 7.51. The summed E-state index contributed by atoms with van der Waals surface area (Å²) < 4.78 is 22.9. The first-order valence-corrected chi connectivity index (χ1v) is 10.3. The SMILES string of the molecule is CCCCC(CC)COP(N)(=O)OCC(CC)CCCC. The maximum Gasteiger partial charge on any atom is 0.402 e. The van der Waals surface area contributed by atoms with Gasteiger partial charge in [0.1, 0.15) is 0 Å². The molecular weight excluding hydrogens is 285 g/mol. The molecule has 0 aliphatic rings. The van der Waals surface area contributed by atoms with Crippen molar-refractivity contribution >= 4 is 7.75 Å². The van der Waals surface area contributed by atoms with Gasteiger partial charge in [0.25, 0.3) is 0 Å². The highest BCUT2D eigenvalue weighted by Gasteiger charge is 2.22. The highest BCUT2D eigenvalue weighted by Crippen LogP contribution is 2.41. The van der Waals surface area contributed by atoms with E-state index in [0.29, 0.717) is 25.0 Å². The Morgan fingerprint density at radius 1 is 0.857 bits per heavy atom. The van der Waals surface area contributed by atoms with Crippen LogP contribution in [0.15, 0.2) is 0 Å². The van der Waals surface area contributed by atoms with E-state index in [0.717, 1.165) is 25.7 Å². The molecule has 0 aromatic heterocycles. The van der Waals surface area contributed by atoms with Crippen LogP contribution < -0.4 is 5.50 Å². The lowest BCUT2D eigenvalue weighted by atomic mass is 10.0. The molecule has 0 aromatic rings. The normalized spacial score (nSPS) is 17.4. The molecule has 0 saturated heterocycles. The fraction of sp³-hybridized carbons (Fsp3) is 1.00. The van der Waals surface area contributed by atoms with Gasteiger partial charge in [-0.05, 0) is 24.7 Å². The second kappa shape index (κ2) is 12.6. The Morgan fingerprint density at radius 3 is 1.52 bits per heavy atom. The molecule has 2 atom stereocenters. The predicted octanol–water partition coefficient (Wildman–Crippen LogP) is 5.52. The van der Waals surface area contributed by atoms with Gasteiger partial charge >= 0.3 is 7.75 Å². The first-order chi connectivity index (χ1) is 9.99. The standard InChI is InChI=1S/C16H36NO3P/c1-5-9-11-15(7-3)13-19-21(17,18)20-14-16(8-4)12-10-6-2/h15-16H,5-14H2,1-4H3,(H2,17,18). The van der Waals surface area contributed by atoms with Crippen LogP contribution in [0.2, 0.25) is 0 Å². The summed E-state index contributed by atoms with van der Waals surface area (Å²) in [6.07, 6.45) is 8.93. The summed E-state index contributed by atoms with van der Waals surface area (Å²) in [6.45, 7) is 9.48. The molecule has 0 amide bonds. The van der Waals surface area contributed by atoms with Crippen molar-refractivity contribution in [3.63, 3.8) is 0 Å². The Kier molecular flexibility index (Phi) is 12.7. The van der Waals surface area contributed by atoms with Crippen LogP contribution in [0.1, 0.15) is 79.1 Å². The Labute approximate surface area is 131 Å². The van der Waals surface area contributed by atoms with E-state index in [1.54, 1.807) is 0 Å². The number of hydrogen-bond acceptors (Lipinski definition) is 3. The van der Waals surface area contributed by atoms with Gasteiger partial charge in [-0.3, -0.25) is 9.05 Å². The van der Waals surface area contributed by atoms with Gasteiger partial charge < -0.3 is 0 Å². The maximum atomic E-state index is 12.1. The van der Waals surface area contributed by atoms with E-state index in [1.807, 2.05) is 0 Å². The molecule has 21 heavy (non-hydrogen) atoms. The van der Waals surface area contributed by atoms with E-state index in [2.05, 4.69) is 27.7 Å². The monoisotopic (exact) mass is 321 g/mol. The first kappa shape index (κ1) is 21.1. The van der Waals surface area contributed by atoms with Gasteiger partial charge in [-0.15, -0.1) is 0 Å². The van der Waals surface area contributed by atoms with Crippen molar-refractivity contribution in [2.45, 2.75) is 79.1 Å². The maximum absolute atomic E-state index is 12.1. The summed E-state index contributed by atoms with van der Waals surface area (Å²) in [5.74, 6) is 0.847. The average Bonchev–Trinajstić information content (AvgIpc) is 2.47.